The Bertz CT molecular complexity index is 1200. The number of piperazine rings is 1. The summed E-state index contributed by atoms with van der Waals surface area (Å²) in [5.41, 5.74) is 1.88. The molecule has 5 rings (SSSR count). The lowest BCUT2D eigenvalue weighted by atomic mass is 10.2. The normalized spacial score (nSPS) is 15.1. The fourth-order valence-electron chi connectivity index (χ4n) is 3.65. The predicted molar refractivity (Wildman–Crippen MR) is 124 cm³/mol. The third kappa shape index (κ3) is 4.64. The number of carbonyl (C=O) groups excluding carboxylic acids is 1. The molecule has 1 fully saturated rings. The fourth-order valence-corrected chi connectivity index (χ4v) is 5.45. The van der Waals surface area contributed by atoms with Crippen LogP contribution in [0.15, 0.2) is 52.2 Å². The van der Waals surface area contributed by atoms with Gasteiger partial charge in [-0.1, -0.05) is 41.6 Å². The molecule has 0 bridgehead atoms. The van der Waals surface area contributed by atoms with Gasteiger partial charge >= 0.3 is 0 Å². The molecule has 1 aliphatic heterocycles. The van der Waals surface area contributed by atoms with Gasteiger partial charge < -0.3 is 14.3 Å². The first-order valence-electron chi connectivity index (χ1n) is 9.93. The molecule has 1 N–H and O–H groups in total. The maximum absolute atomic E-state index is 12.6. The average Bonchev–Trinajstić information content (AvgIpc) is 3.52. The quantitative estimate of drug-likeness (QED) is 0.419. The summed E-state index contributed by atoms with van der Waals surface area (Å²) in [4.78, 5) is 21.3. The first-order chi connectivity index (χ1) is 15.2. The van der Waals surface area contributed by atoms with Crippen LogP contribution < -0.4 is 0 Å². The molecule has 4 heterocycles. The number of thioether (sulfide) groups is 1. The van der Waals surface area contributed by atoms with Crippen LogP contribution in [0, 0.1) is 0 Å². The van der Waals surface area contributed by atoms with Gasteiger partial charge in [0, 0.05) is 54.7 Å². The van der Waals surface area contributed by atoms with Crippen LogP contribution in [0.5, 0.6) is 0 Å². The van der Waals surface area contributed by atoms with Gasteiger partial charge in [0.1, 0.15) is 0 Å². The molecule has 0 saturated carbocycles. The number of hydrogen-bond acceptors (Lipinski definition) is 7. The van der Waals surface area contributed by atoms with Crippen LogP contribution in [0.2, 0.25) is 4.34 Å². The number of benzene rings is 1. The summed E-state index contributed by atoms with van der Waals surface area (Å²) < 4.78 is 6.61. The number of hydrogen-bond donors (Lipinski definition) is 1. The lowest BCUT2D eigenvalue weighted by Gasteiger charge is -2.34. The Balaban J connectivity index is 1.13. The molecule has 3 aromatic heterocycles. The summed E-state index contributed by atoms with van der Waals surface area (Å²) in [6.45, 7) is 4.05. The zero-order valence-electron chi connectivity index (χ0n) is 16.6. The first-order valence-corrected chi connectivity index (χ1v) is 12.1. The van der Waals surface area contributed by atoms with Crippen molar-refractivity contribution in [2.24, 2.45) is 0 Å². The highest BCUT2D eigenvalue weighted by atomic mass is 35.5. The molecule has 0 radical (unpaired) electrons. The number of H-pyrrole nitrogens is 1. The number of nitrogens with zero attached hydrogens (tertiary/aromatic N) is 4. The Labute approximate surface area is 192 Å². The molecule has 7 nitrogen and oxygen atoms in total. The standard InChI is InChI=1S/C21H20ClN5O2S2/c22-18-6-5-14(31-18)12-26-7-9-27(10-8-26)19(28)13-30-21-25-24-20(29-21)16-11-23-17-4-2-1-3-15(16)17/h1-6,11,23H,7-10,12-13H2. The Morgan fingerprint density at radius 1 is 1.16 bits per heavy atom. The molecule has 1 amide bonds. The topological polar surface area (TPSA) is 78.3 Å². The molecule has 1 aliphatic rings. The number of carbonyl (C=O) groups is 1. The largest absolute Gasteiger partial charge is 0.411 e. The minimum atomic E-state index is 0.0932. The molecule has 4 aromatic rings. The van der Waals surface area contributed by atoms with E-state index in [1.807, 2.05) is 41.4 Å². The summed E-state index contributed by atoms with van der Waals surface area (Å²) in [5.74, 6) is 0.834. The van der Waals surface area contributed by atoms with Crippen molar-refractivity contribution < 1.29 is 9.21 Å². The molecule has 0 atom stereocenters. The SMILES string of the molecule is O=C(CSc1nnc(-c2c[nH]c3ccccc23)o1)N1CCN(Cc2ccc(Cl)s2)CC1. The van der Waals surface area contributed by atoms with E-state index >= 15 is 0 Å². The third-order valence-corrected chi connectivity index (χ3v) is 7.30. The van der Waals surface area contributed by atoms with Crippen LogP contribution in [-0.4, -0.2) is 62.8 Å². The van der Waals surface area contributed by atoms with E-state index < -0.39 is 0 Å². The number of halogens is 1. The van der Waals surface area contributed by atoms with Crippen LogP contribution in [0.4, 0.5) is 0 Å². The van der Waals surface area contributed by atoms with Crippen LogP contribution in [-0.2, 0) is 11.3 Å². The number of aromatic nitrogens is 3. The lowest BCUT2D eigenvalue weighted by Crippen LogP contribution is -2.48. The van der Waals surface area contributed by atoms with Crippen molar-refractivity contribution in [3.05, 3.63) is 51.8 Å². The van der Waals surface area contributed by atoms with Crippen LogP contribution >= 0.6 is 34.7 Å². The lowest BCUT2D eigenvalue weighted by molar-refractivity contribution is -0.130. The summed E-state index contributed by atoms with van der Waals surface area (Å²) in [6.07, 6.45) is 1.86. The number of aromatic amines is 1. The van der Waals surface area contributed by atoms with Gasteiger partial charge in [0.15, 0.2) is 0 Å². The molecule has 1 aromatic carbocycles. The van der Waals surface area contributed by atoms with Crippen molar-refractivity contribution in [2.75, 3.05) is 31.9 Å². The molecule has 160 valence electrons. The van der Waals surface area contributed by atoms with Gasteiger partial charge in [-0.15, -0.1) is 21.5 Å². The van der Waals surface area contributed by atoms with E-state index in [9.17, 15) is 4.79 Å². The van der Waals surface area contributed by atoms with Crippen molar-refractivity contribution in [2.45, 2.75) is 11.8 Å². The molecular formula is C21H20ClN5O2S2. The molecule has 0 spiro atoms. The van der Waals surface area contributed by atoms with E-state index in [-0.39, 0.29) is 11.7 Å². The van der Waals surface area contributed by atoms with Crippen molar-refractivity contribution in [1.82, 2.24) is 25.0 Å². The van der Waals surface area contributed by atoms with Crippen molar-refractivity contribution in [3.63, 3.8) is 0 Å². The van der Waals surface area contributed by atoms with Gasteiger partial charge in [0.2, 0.25) is 5.91 Å². The number of amides is 1. The number of fused-ring (bicyclic) bond motifs is 1. The maximum Gasteiger partial charge on any atom is 0.277 e. The van der Waals surface area contributed by atoms with Gasteiger partial charge in [-0.3, -0.25) is 9.69 Å². The third-order valence-electron chi connectivity index (χ3n) is 5.28. The van der Waals surface area contributed by atoms with Gasteiger partial charge in [-0.2, -0.15) is 0 Å². The average molecular weight is 474 g/mol. The summed E-state index contributed by atoms with van der Waals surface area (Å²) in [5, 5.41) is 9.69. The molecule has 31 heavy (non-hydrogen) atoms. The molecule has 0 aliphatic carbocycles. The van der Waals surface area contributed by atoms with Gasteiger partial charge in [0.05, 0.1) is 15.7 Å². The first kappa shape index (κ1) is 20.6. The Morgan fingerprint density at radius 2 is 2.00 bits per heavy atom. The number of para-hydroxylation sites is 1. The molecule has 10 heteroatoms. The van der Waals surface area contributed by atoms with Crippen molar-refractivity contribution >= 4 is 51.5 Å². The van der Waals surface area contributed by atoms with Gasteiger partial charge in [0.25, 0.3) is 11.1 Å². The smallest absolute Gasteiger partial charge is 0.277 e. The summed E-state index contributed by atoms with van der Waals surface area (Å²) >= 11 is 8.90. The van der Waals surface area contributed by atoms with Crippen LogP contribution in [0.25, 0.3) is 22.4 Å². The second kappa shape index (κ2) is 9.04. The Hall–Kier alpha value is -2.33. The van der Waals surface area contributed by atoms with Crippen molar-refractivity contribution in [3.8, 4) is 11.5 Å². The maximum atomic E-state index is 12.6. The number of rotatable bonds is 6. The highest BCUT2D eigenvalue weighted by molar-refractivity contribution is 7.99. The van der Waals surface area contributed by atoms with E-state index in [4.69, 9.17) is 16.0 Å². The molecular weight excluding hydrogens is 454 g/mol. The van der Waals surface area contributed by atoms with E-state index in [1.54, 1.807) is 11.3 Å². The second-order valence-corrected chi connectivity index (χ2v) is 10.00. The Kier molecular flexibility index (Phi) is 5.99. The van der Waals surface area contributed by atoms with Crippen LogP contribution in [0.3, 0.4) is 0 Å². The van der Waals surface area contributed by atoms with E-state index in [2.05, 4.69) is 26.1 Å². The van der Waals surface area contributed by atoms with E-state index in [1.165, 1.54) is 16.6 Å². The van der Waals surface area contributed by atoms with Crippen molar-refractivity contribution in [1.29, 1.82) is 0 Å². The van der Waals surface area contributed by atoms with E-state index in [0.717, 1.165) is 53.5 Å². The number of nitrogens with one attached hydrogen (secondary N) is 1. The van der Waals surface area contributed by atoms with Gasteiger partial charge in [-0.25, -0.2) is 0 Å². The number of thiophene rings is 1. The molecule has 1 saturated heterocycles. The summed E-state index contributed by atoms with van der Waals surface area (Å²) in [6, 6.07) is 11.9. The summed E-state index contributed by atoms with van der Waals surface area (Å²) in [7, 11) is 0. The highest BCUT2D eigenvalue weighted by Crippen LogP contribution is 2.29. The molecule has 0 unspecified atom stereocenters. The predicted octanol–water partition coefficient (Wildman–Crippen LogP) is 4.37. The van der Waals surface area contributed by atoms with E-state index in [0.29, 0.717) is 11.1 Å². The zero-order valence-corrected chi connectivity index (χ0v) is 19.0. The fraction of sp³-hybridized carbons (Fsp3) is 0.286. The minimum absolute atomic E-state index is 0.0932. The minimum Gasteiger partial charge on any atom is -0.411 e. The van der Waals surface area contributed by atoms with Gasteiger partial charge in [-0.05, 0) is 18.2 Å². The monoisotopic (exact) mass is 473 g/mol. The van der Waals surface area contributed by atoms with Crippen LogP contribution in [0.1, 0.15) is 4.88 Å². The zero-order chi connectivity index (χ0) is 21.2. The highest BCUT2D eigenvalue weighted by Gasteiger charge is 2.22. The second-order valence-electron chi connectivity index (χ2n) is 7.27. The Morgan fingerprint density at radius 3 is 2.81 bits per heavy atom.